The zero-order valence-corrected chi connectivity index (χ0v) is 25.1. The summed E-state index contributed by atoms with van der Waals surface area (Å²) in [5.74, 6) is -4.27. The molecule has 0 aromatic heterocycles. The lowest BCUT2D eigenvalue weighted by molar-refractivity contribution is -0.214. The molecule has 1 saturated heterocycles. The molecule has 1 aliphatic carbocycles. The summed E-state index contributed by atoms with van der Waals surface area (Å²) in [5.41, 5.74) is -1.79. The molecule has 5 rings (SSSR count). The van der Waals surface area contributed by atoms with Gasteiger partial charge in [0.15, 0.2) is 6.29 Å². The molecule has 3 nitrogen and oxygen atoms in total. The van der Waals surface area contributed by atoms with Gasteiger partial charge in [-0.3, -0.25) is 0 Å². The van der Waals surface area contributed by atoms with Crippen molar-refractivity contribution < 1.29 is 40.6 Å². The summed E-state index contributed by atoms with van der Waals surface area (Å²) in [6.07, 6.45) is 4.62. The minimum Gasteiger partial charge on any atom is -0.429 e. The van der Waals surface area contributed by atoms with Gasteiger partial charge in [-0.15, -0.1) is 0 Å². The zero-order chi connectivity index (χ0) is 31.4. The second-order valence-electron chi connectivity index (χ2n) is 11.8. The van der Waals surface area contributed by atoms with Crippen molar-refractivity contribution in [1.82, 2.24) is 0 Å². The van der Waals surface area contributed by atoms with E-state index < -0.39 is 47.0 Å². The van der Waals surface area contributed by atoms with Crippen LogP contribution in [0.5, 0.6) is 5.75 Å². The molecule has 0 bridgehead atoms. The molecule has 238 valence electrons. The molecule has 10 heteroatoms. The lowest BCUT2D eigenvalue weighted by Gasteiger charge is -2.38. The maximum Gasteiger partial charge on any atom is 0.432 e. The minimum atomic E-state index is -4.50. The Kier molecular flexibility index (Phi) is 10.5. The Hall–Kier alpha value is -2.75. The van der Waals surface area contributed by atoms with Crippen molar-refractivity contribution in [3.8, 4) is 16.9 Å². The van der Waals surface area contributed by atoms with Crippen LogP contribution in [0.3, 0.4) is 0 Å². The summed E-state index contributed by atoms with van der Waals surface area (Å²) in [6, 6.07) is 7.60. The number of ether oxygens (including phenoxy) is 3. The van der Waals surface area contributed by atoms with Crippen LogP contribution in [0.2, 0.25) is 5.02 Å². The van der Waals surface area contributed by atoms with Crippen molar-refractivity contribution in [3.05, 3.63) is 87.9 Å². The van der Waals surface area contributed by atoms with Gasteiger partial charge in [-0.25, -0.2) is 17.6 Å². The van der Waals surface area contributed by atoms with Gasteiger partial charge in [-0.2, -0.15) is 8.78 Å². The maximum absolute atomic E-state index is 15.2. The summed E-state index contributed by atoms with van der Waals surface area (Å²) in [7, 11) is 0. The van der Waals surface area contributed by atoms with Crippen molar-refractivity contribution in [3.63, 3.8) is 0 Å². The van der Waals surface area contributed by atoms with Crippen molar-refractivity contribution in [2.75, 3.05) is 13.2 Å². The van der Waals surface area contributed by atoms with Crippen LogP contribution in [0.15, 0.2) is 48.5 Å². The Bertz CT molecular complexity index is 1410. The SMILES string of the molecule is CCCCCC1CCC(C2COC(c3ccc(-c4cc(F)c(C(F)(F)Oc5ccc(Cl)c(F)c5)c(F)c4)c(F)c3)OC2)CC1. The number of halogens is 7. The third-order valence-electron chi connectivity index (χ3n) is 8.74. The molecule has 3 aromatic carbocycles. The fourth-order valence-electron chi connectivity index (χ4n) is 6.27. The molecule has 1 aliphatic heterocycles. The summed E-state index contributed by atoms with van der Waals surface area (Å²) < 4.78 is 104. The molecule has 1 saturated carbocycles. The molecular weight excluding hydrogens is 606 g/mol. The highest BCUT2D eigenvalue weighted by atomic mass is 35.5. The summed E-state index contributed by atoms with van der Waals surface area (Å²) >= 11 is 5.53. The standard InChI is InChI=1S/C34H35ClF6O3/c1-2-3-4-5-20-6-8-21(9-7-20)24-18-42-33(43-19-24)22-10-12-26(28(36)14-22)23-15-30(38)32(31(39)16-23)34(40,41)44-25-11-13-27(35)29(37)17-25/h10-17,20-21,24,33H,2-9,18-19H2,1H3. The first-order valence-corrected chi connectivity index (χ1v) is 15.5. The monoisotopic (exact) mass is 640 g/mol. The first kappa shape index (κ1) is 32.6. The highest BCUT2D eigenvalue weighted by molar-refractivity contribution is 6.30. The third kappa shape index (κ3) is 7.54. The summed E-state index contributed by atoms with van der Waals surface area (Å²) in [4.78, 5) is 0. The minimum absolute atomic E-state index is 0.202. The van der Waals surface area contributed by atoms with E-state index in [2.05, 4.69) is 11.7 Å². The molecule has 0 amide bonds. The van der Waals surface area contributed by atoms with Crippen LogP contribution in [0.1, 0.15) is 75.7 Å². The van der Waals surface area contributed by atoms with Gasteiger partial charge in [0.05, 0.1) is 18.2 Å². The smallest absolute Gasteiger partial charge is 0.429 e. The highest BCUT2D eigenvalue weighted by Crippen LogP contribution is 2.41. The van der Waals surface area contributed by atoms with E-state index in [0.29, 0.717) is 42.9 Å². The van der Waals surface area contributed by atoms with Crippen molar-refractivity contribution in [1.29, 1.82) is 0 Å². The molecule has 0 unspecified atom stereocenters. The van der Waals surface area contributed by atoms with Crippen LogP contribution in [-0.2, 0) is 15.6 Å². The van der Waals surface area contributed by atoms with Gasteiger partial charge in [-0.1, -0.05) is 69.2 Å². The van der Waals surface area contributed by atoms with Crippen LogP contribution in [0.4, 0.5) is 26.3 Å². The van der Waals surface area contributed by atoms with Crippen LogP contribution < -0.4 is 4.74 Å². The third-order valence-corrected chi connectivity index (χ3v) is 9.05. The van der Waals surface area contributed by atoms with Gasteiger partial charge in [-0.05, 0) is 60.6 Å². The van der Waals surface area contributed by atoms with Crippen molar-refractivity contribution >= 4 is 11.6 Å². The van der Waals surface area contributed by atoms with Crippen molar-refractivity contribution in [2.24, 2.45) is 17.8 Å². The summed E-state index contributed by atoms with van der Waals surface area (Å²) in [5, 5.41) is -0.341. The van der Waals surface area contributed by atoms with E-state index in [1.54, 1.807) is 0 Å². The van der Waals surface area contributed by atoms with E-state index in [4.69, 9.17) is 21.1 Å². The average Bonchev–Trinajstić information content (AvgIpc) is 2.99. The number of unbranched alkanes of at least 4 members (excludes halogenated alkanes) is 2. The first-order valence-electron chi connectivity index (χ1n) is 15.1. The lowest BCUT2D eigenvalue weighted by Crippen LogP contribution is -2.34. The van der Waals surface area contributed by atoms with Gasteiger partial charge in [0.25, 0.3) is 0 Å². The fraction of sp³-hybridized carbons (Fsp3) is 0.471. The van der Waals surface area contributed by atoms with Crippen LogP contribution in [0.25, 0.3) is 11.1 Å². The predicted molar refractivity (Wildman–Crippen MR) is 155 cm³/mol. The topological polar surface area (TPSA) is 27.7 Å². The van der Waals surface area contributed by atoms with E-state index in [-0.39, 0.29) is 22.1 Å². The normalized spacial score (nSPS) is 22.6. The molecule has 0 radical (unpaired) electrons. The Labute approximate surface area is 258 Å². The van der Waals surface area contributed by atoms with Gasteiger partial charge in [0, 0.05) is 23.1 Å². The average molecular weight is 641 g/mol. The quantitative estimate of drug-likeness (QED) is 0.163. The van der Waals surface area contributed by atoms with Crippen molar-refractivity contribution in [2.45, 2.75) is 70.7 Å². The van der Waals surface area contributed by atoms with Gasteiger partial charge in [0.2, 0.25) is 0 Å². The van der Waals surface area contributed by atoms with Crippen LogP contribution in [0, 0.1) is 41.0 Å². The Balaban J connectivity index is 1.21. The predicted octanol–water partition coefficient (Wildman–Crippen LogP) is 10.7. The molecule has 1 heterocycles. The summed E-state index contributed by atoms with van der Waals surface area (Å²) in [6.45, 7) is 3.21. The van der Waals surface area contributed by atoms with Gasteiger partial charge < -0.3 is 14.2 Å². The Morgan fingerprint density at radius 1 is 0.795 bits per heavy atom. The molecule has 3 aromatic rings. The largest absolute Gasteiger partial charge is 0.432 e. The maximum atomic E-state index is 15.2. The van der Waals surface area contributed by atoms with Crippen LogP contribution >= 0.6 is 11.6 Å². The molecule has 2 fully saturated rings. The number of benzene rings is 3. The van der Waals surface area contributed by atoms with Gasteiger partial charge >= 0.3 is 6.11 Å². The number of hydrogen-bond acceptors (Lipinski definition) is 3. The number of rotatable bonds is 10. The van der Waals surface area contributed by atoms with E-state index in [1.807, 2.05) is 0 Å². The van der Waals surface area contributed by atoms with E-state index in [1.165, 1.54) is 50.7 Å². The lowest BCUT2D eigenvalue weighted by atomic mass is 9.74. The number of alkyl halides is 2. The molecule has 44 heavy (non-hydrogen) atoms. The van der Waals surface area contributed by atoms with E-state index in [0.717, 1.165) is 37.0 Å². The number of hydrogen-bond donors (Lipinski definition) is 0. The first-order chi connectivity index (χ1) is 21.1. The highest BCUT2D eigenvalue weighted by Gasteiger charge is 2.41. The van der Waals surface area contributed by atoms with E-state index in [9.17, 15) is 22.0 Å². The molecule has 0 spiro atoms. The molecular formula is C34H35ClF6O3. The zero-order valence-electron chi connectivity index (χ0n) is 24.4. The van der Waals surface area contributed by atoms with Crippen LogP contribution in [-0.4, -0.2) is 13.2 Å². The second kappa shape index (κ2) is 14.1. The van der Waals surface area contributed by atoms with Gasteiger partial charge in [0.1, 0.15) is 34.6 Å². The molecule has 2 aliphatic rings. The van der Waals surface area contributed by atoms with E-state index >= 15 is 4.39 Å². The Morgan fingerprint density at radius 3 is 2.09 bits per heavy atom. The molecule has 0 N–H and O–H groups in total. The fourth-order valence-corrected chi connectivity index (χ4v) is 6.39. The second-order valence-corrected chi connectivity index (χ2v) is 12.2. The Morgan fingerprint density at radius 2 is 1.48 bits per heavy atom. The molecule has 0 atom stereocenters.